The third-order valence-electron chi connectivity index (χ3n) is 1.51. The van der Waals surface area contributed by atoms with Crippen molar-refractivity contribution in [2.24, 2.45) is 0 Å². The second-order valence-electron chi connectivity index (χ2n) is 2.35. The van der Waals surface area contributed by atoms with Gasteiger partial charge in [-0.3, -0.25) is 4.98 Å². The second-order valence-corrected chi connectivity index (χ2v) is 2.35. The van der Waals surface area contributed by atoms with E-state index in [-0.39, 0.29) is 0 Å². The van der Waals surface area contributed by atoms with Crippen LogP contribution in [0.25, 0.3) is 10.9 Å². The molecule has 0 aromatic carbocycles. The van der Waals surface area contributed by atoms with Crippen molar-refractivity contribution in [2.75, 3.05) is 0 Å². The van der Waals surface area contributed by atoms with Crippen LogP contribution in [0.1, 0.15) is 5.82 Å². The Labute approximate surface area is 64.1 Å². The summed E-state index contributed by atoms with van der Waals surface area (Å²) in [5.41, 5.74) is 0.903. The molecular weight excluding hydrogens is 138 g/mol. The van der Waals surface area contributed by atoms with Crippen molar-refractivity contribution in [1.29, 1.82) is 0 Å². The monoisotopic (exact) mass is 145 g/mol. The second kappa shape index (κ2) is 2.27. The van der Waals surface area contributed by atoms with Crippen LogP contribution in [-0.4, -0.2) is 15.0 Å². The van der Waals surface area contributed by atoms with E-state index in [0.29, 0.717) is 0 Å². The molecule has 3 heteroatoms. The van der Waals surface area contributed by atoms with E-state index in [2.05, 4.69) is 15.0 Å². The van der Waals surface area contributed by atoms with Gasteiger partial charge in [-0.05, 0) is 13.0 Å². The average Bonchev–Trinajstić information content (AvgIpc) is 2.04. The third-order valence-corrected chi connectivity index (χ3v) is 1.51. The van der Waals surface area contributed by atoms with E-state index in [1.807, 2.05) is 13.0 Å². The van der Waals surface area contributed by atoms with Gasteiger partial charge in [-0.15, -0.1) is 0 Å². The molecule has 2 aromatic rings. The van der Waals surface area contributed by atoms with Gasteiger partial charge >= 0.3 is 0 Å². The van der Waals surface area contributed by atoms with E-state index >= 15 is 0 Å². The van der Waals surface area contributed by atoms with E-state index in [0.717, 1.165) is 16.7 Å². The number of nitrogens with zero attached hydrogens (tertiary/aromatic N) is 3. The first-order valence-corrected chi connectivity index (χ1v) is 3.39. The summed E-state index contributed by atoms with van der Waals surface area (Å²) in [5, 5.41) is 1.03. The largest absolute Gasteiger partial charge is 0.262 e. The summed E-state index contributed by atoms with van der Waals surface area (Å²) < 4.78 is 0. The zero-order valence-electron chi connectivity index (χ0n) is 6.15. The Morgan fingerprint density at radius 3 is 3.09 bits per heavy atom. The van der Waals surface area contributed by atoms with Crippen molar-refractivity contribution in [3.8, 4) is 0 Å². The highest BCUT2D eigenvalue weighted by Crippen LogP contribution is 2.06. The molecule has 2 heterocycles. The quantitative estimate of drug-likeness (QED) is 0.561. The molecule has 0 aliphatic rings. The number of hydrogen-bond donors (Lipinski definition) is 0. The molecule has 0 N–H and O–H groups in total. The van der Waals surface area contributed by atoms with Gasteiger partial charge in [0.15, 0.2) is 0 Å². The van der Waals surface area contributed by atoms with Crippen molar-refractivity contribution in [2.45, 2.75) is 6.92 Å². The minimum Gasteiger partial charge on any atom is -0.262 e. The Bertz CT molecular complexity index is 384. The van der Waals surface area contributed by atoms with Crippen LogP contribution in [0.2, 0.25) is 0 Å². The topological polar surface area (TPSA) is 38.7 Å². The first-order valence-electron chi connectivity index (χ1n) is 3.39. The van der Waals surface area contributed by atoms with Gasteiger partial charge in [-0.1, -0.05) is 0 Å². The molecule has 0 saturated carbocycles. The number of rotatable bonds is 0. The zero-order chi connectivity index (χ0) is 7.68. The molecule has 0 bridgehead atoms. The first-order chi connectivity index (χ1) is 5.36. The van der Waals surface area contributed by atoms with Gasteiger partial charge in [0.25, 0.3) is 0 Å². The van der Waals surface area contributed by atoms with Crippen LogP contribution >= 0.6 is 0 Å². The molecule has 0 amide bonds. The normalized spacial score (nSPS) is 10.3. The van der Waals surface area contributed by atoms with Crippen LogP contribution in [-0.2, 0) is 0 Å². The lowest BCUT2D eigenvalue weighted by molar-refractivity contribution is 1.09. The highest BCUT2D eigenvalue weighted by molar-refractivity contribution is 5.75. The molecule has 11 heavy (non-hydrogen) atoms. The van der Waals surface area contributed by atoms with E-state index in [4.69, 9.17) is 0 Å². The van der Waals surface area contributed by atoms with Gasteiger partial charge in [0.2, 0.25) is 0 Å². The number of aromatic nitrogens is 3. The minimum absolute atomic E-state index is 0.783. The van der Waals surface area contributed by atoms with Gasteiger partial charge in [0.05, 0.1) is 11.7 Å². The average molecular weight is 145 g/mol. The van der Waals surface area contributed by atoms with E-state index in [1.165, 1.54) is 0 Å². The smallest absolute Gasteiger partial charge is 0.125 e. The summed E-state index contributed by atoms with van der Waals surface area (Å²) in [4.78, 5) is 12.2. The highest BCUT2D eigenvalue weighted by atomic mass is 14.9. The molecule has 0 aliphatic heterocycles. The molecule has 0 unspecified atom stereocenters. The Morgan fingerprint density at radius 2 is 2.18 bits per heavy atom. The lowest BCUT2D eigenvalue weighted by Crippen LogP contribution is -1.87. The fraction of sp³-hybridized carbons (Fsp3) is 0.125. The fourth-order valence-electron chi connectivity index (χ4n) is 0.966. The Morgan fingerprint density at radius 1 is 1.27 bits per heavy atom. The standard InChI is InChI=1S/C8H7N3/c1-6-10-4-7-2-3-9-5-8(7)11-6/h2-5H,1H3. The first kappa shape index (κ1) is 6.22. The van der Waals surface area contributed by atoms with Crippen LogP contribution in [0.5, 0.6) is 0 Å². The summed E-state index contributed by atoms with van der Waals surface area (Å²) in [5.74, 6) is 0.783. The van der Waals surface area contributed by atoms with Crippen molar-refractivity contribution >= 4 is 10.9 Å². The van der Waals surface area contributed by atoms with Crippen LogP contribution in [0.4, 0.5) is 0 Å². The molecule has 0 fully saturated rings. The minimum atomic E-state index is 0.783. The summed E-state index contributed by atoms with van der Waals surface area (Å²) >= 11 is 0. The Hall–Kier alpha value is -1.51. The fourth-order valence-corrected chi connectivity index (χ4v) is 0.966. The van der Waals surface area contributed by atoms with E-state index < -0.39 is 0 Å². The summed E-state index contributed by atoms with van der Waals surface area (Å²) in [7, 11) is 0. The number of aryl methyl sites for hydroxylation is 1. The summed E-state index contributed by atoms with van der Waals surface area (Å²) in [6.45, 7) is 1.87. The van der Waals surface area contributed by atoms with Crippen LogP contribution < -0.4 is 0 Å². The summed E-state index contributed by atoms with van der Waals surface area (Å²) in [6.07, 6.45) is 5.28. The maximum Gasteiger partial charge on any atom is 0.125 e. The molecule has 0 atom stereocenters. The zero-order valence-corrected chi connectivity index (χ0v) is 6.15. The number of fused-ring (bicyclic) bond motifs is 1. The Balaban J connectivity index is 2.83. The molecule has 2 rings (SSSR count). The van der Waals surface area contributed by atoms with Crippen molar-refractivity contribution in [3.63, 3.8) is 0 Å². The van der Waals surface area contributed by atoms with Gasteiger partial charge in [-0.25, -0.2) is 9.97 Å². The molecule has 0 saturated heterocycles. The van der Waals surface area contributed by atoms with Gasteiger partial charge in [0.1, 0.15) is 5.82 Å². The van der Waals surface area contributed by atoms with E-state index in [9.17, 15) is 0 Å². The lowest BCUT2D eigenvalue weighted by Gasteiger charge is -1.94. The highest BCUT2D eigenvalue weighted by Gasteiger charge is 1.93. The molecule has 0 spiro atoms. The van der Waals surface area contributed by atoms with Gasteiger partial charge in [-0.2, -0.15) is 0 Å². The SMILES string of the molecule is Cc1ncc2ccncc2n1. The molecular formula is C8H7N3. The van der Waals surface area contributed by atoms with Crippen molar-refractivity contribution in [1.82, 2.24) is 15.0 Å². The molecule has 0 aliphatic carbocycles. The predicted octanol–water partition coefficient (Wildman–Crippen LogP) is 1.33. The van der Waals surface area contributed by atoms with Gasteiger partial charge < -0.3 is 0 Å². The molecule has 54 valence electrons. The summed E-state index contributed by atoms with van der Waals surface area (Å²) in [6, 6.07) is 1.90. The van der Waals surface area contributed by atoms with Crippen molar-refractivity contribution < 1.29 is 0 Å². The molecule has 2 aromatic heterocycles. The van der Waals surface area contributed by atoms with E-state index in [1.54, 1.807) is 18.6 Å². The van der Waals surface area contributed by atoms with Gasteiger partial charge in [0, 0.05) is 17.8 Å². The van der Waals surface area contributed by atoms with Crippen LogP contribution in [0.15, 0.2) is 24.7 Å². The molecule has 3 nitrogen and oxygen atoms in total. The lowest BCUT2D eigenvalue weighted by atomic mass is 10.3. The number of pyridine rings is 1. The Kier molecular flexibility index (Phi) is 1.28. The van der Waals surface area contributed by atoms with Crippen molar-refractivity contribution in [3.05, 3.63) is 30.5 Å². The predicted molar refractivity (Wildman–Crippen MR) is 42.1 cm³/mol. The maximum absolute atomic E-state index is 4.20. The number of hydrogen-bond acceptors (Lipinski definition) is 3. The van der Waals surface area contributed by atoms with Crippen LogP contribution in [0.3, 0.4) is 0 Å². The van der Waals surface area contributed by atoms with Crippen LogP contribution in [0, 0.1) is 6.92 Å². The molecule has 0 radical (unpaired) electrons. The maximum atomic E-state index is 4.20. The third kappa shape index (κ3) is 1.05.